The van der Waals surface area contributed by atoms with Crippen LogP contribution < -0.4 is 0 Å². The number of nitrogens with zero attached hydrogens (tertiary/aromatic N) is 1. The molecule has 3 atom stereocenters. The topological polar surface area (TPSA) is 87.5 Å². The molecule has 2 fully saturated rings. The molecule has 0 radical (unpaired) electrons. The summed E-state index contributed by atoms with van der Waals surface area (Å²) in [5.74, 6) is 1.00. The Hall–Kier alpha value is -1.18. The van der Waals surface area contributed by atoms with Crippen LogP contribution in [0.3, 0.4) is 0 Å². The second kappa shape index (κ2) is 10.2. The van der Waals surface area contributed by atoms with Gasteiger partial charge in [-0.3, -0.25) is 4.79 Å². The molecule has 0 bridgehead atoms. The van der Waals surface area contributed by atoms with E-state index in [0.29, 0.717) is 24.5 Å². The zero-order chi connectivity index (χ0) is 20.9. The monoisotopic (exact) mass is 437 g/mol. The van der Waals surface area contributed by atoms with E-state index >= 15 is 0 Å². The Labute approximate surface area is 181 Å². The molecule has 160 valence electrons. The summed E-state index contributed by atoms with van der Waals surface area (Å²) in [7, 11) is 0. The number of carbonyl (C=O) groups is 2. The number of carboxylic acids is 1. The Morgan fingerprint density at radius 1 is 1.38 bits per heavy atom. The lowest BCUT2D eigenvalue weighted by Crippen LogP contribution is -2.26. The molecule has 0 saturated heterocycles. The molecule has 1 unspecified atom stereocenters. The number of allylic oxidation sites excluding steroid dienone is 1. The molecule has 1 heterocycles. The van der Waals surface area contributed by atoms with Crippen molar-refractivity contribution in [2.75, 3.05) is 5.75 Å². The lowest BCUT2D eigenvalue weighted by molar-refractivity contribution is -0.121. The number of aromatic carboxylic acids is 1. The van der Waals surface area contributed by atoms with Gasteiger partial charge in [0.2, 0.25) is 0 Å². The molecule has 1 aromatic rings. The highest BCUT2D eigenvalue weighted by molar-refractivity contribution is 8.01. The number of thiazole rings is 1. The van der Waals surface area contributed by atoms with Gasteiger partial charge in [0.15, 0.2) is 10.0 Å². The van der Waals surface area contributed by atoms with Gasteiger partial charge >= 0.3 is 5.97 Å². The molecule has 0 amide bonds. The summed E-state index contributed by atoms with van der Waals surface area (Å²) in [6, 6.07) is 0. The maximum absolute atomic E-state index is 12.3. The van der Waals surface area contributed by atoms with Crippen molar-refractivity contribution in [3.8, 4) is 0 Å². The first-order valence-electron chi connectivity index (χ1n) is 10.6. The van der Waals surface area contributed by atoms with Gasteiger partial charge in [-0.1, -0.05) is 49.6 Å². The van der Waals surface area contributed by atoms with E-state index in [-0.39, 0.29) is 17.5 Å². The number of Topliss-reactive ketones (excluding diaryl/α,β-unsaturated/α-hetero) is 1. The van der Waals surface area contributed by atoms with E-state index in [1.54, 1.807) is 5.38 Å². The molecule has 29 heavy (non-hydrogen) atoms. The molecular formula is C22H31NO4S2. The molecular weight excluding hydrogens is 406 g/mol. The van der Waals surface area contributed by atoms with E-state index < -0.39 is 11.6 Å². The maximum Gasteiger partial charge on any atom is 0.355 e. The van der Waals surface area contributed by atoms with Gasteiger partial charge in [-0.25, -0.2) is 9.78 Å². The lowest BCUT2D eigenvalue weighted by Gasteiger charge is -2.25. The molecule has 3 rings (SSSR count). The second-order valence-electron chi connectivity index (χ2n) is 8.70. The smallest absolute Gasteiger partial charge is 0.355 e. The van der Waals surface area contributed by atoms with Crippen molar-refractivity contribution in [2.45, 2.75) is 74.7 Å². The number of rotatable bonds is 10. The van der Waals surface area contributed by atoms with Gasteiger partial charge in [-0.2, -0.15) is 0 Å². The molecule has 2 N–H and O–H groups in total. The van der Waals surface area contributed by atoms with Crippen molar-refractivity contribution in [2.24, 2.45) is 17.8 Å². The van der Waals surface area contributed by atoms with E-state index in [1.807, 2.05) is 6.92 Å². The number of thioether (sulfide) groups is 1. The van der Waals surface area contributed by atoms with Gasteiger partial charge in [0.05, 0.1) is 5.60 Å². The van der Waals surface area contributed by atoms with Gasteiger partial charge in [-0.15, -0.1) is 11.3 Å². The normalized spacial score (nSPS) is 25.1. The molecule has 1 aromatic heterocycles. The van der Waals surface area contributed by atoms with Crippen LogP contribution in [0.15, 0.2) is 21.9 Å². The molecule has 7 heteroatoms. The number of ketones is 1. The largest absolute Gasteiger partial charge is 0.476 e. The number of carbonyl (C=O) groups excluding carboxylic acids is 1. The minimum atomic E-state index is -1.01. The fourth-order valence-electron chi connectivity index (χ4n) is 4.65. The van der Waals surface area contributed by atoms with Crippen molar-refractivity contribution in [1.29, 1.82) is 0 Å². The molecule has 2 aliphatic rings. The number of hydrogen-bond acceptors (Lipinski definition) is 6. The summed E-state index contributed by atoms with van der Waals surface area (Å²) in [6.07, 6.45) is 13.1. The van der Waals surface area contributed by atoms with E-state index in [2.05, 4.69) is 17.1 Å². The van der Waals surface area contributed by atoms with Gasteiger partial charge in [-0.05, 0) is 44.4 Å². The fraction of sp³-hybridized carbons (Fsp3) is 0.682. The Morgan fingerprint density at radius 3 is 2.83 bits per heavy atom. The minimum Gasteiger partial charge on any atom is -0.476 e. The Bertz CT molecular complexity index is 737. The molecule has 2 aliphatic carbocycles. The fourth-order valence-corrected chi connectivity index (χ4v) is 6.54. The van der Waals surface area contributed by atoms with E-state index in [9.17, 15) is 14.7 Å². The van der Waals surface area contributed by atoms with Crippen LogP contribution in [0.1, 0.15) is 75.2 Å². The standard InChI is InChI=1S/C22H31NO4S2/c1-22(27,13-15-5-2-3-6-15)11-4-7-16-8-9-19(24)17(16)10-12-28-21-23-18(14-29-21)20(25)26/h4,7,14-17,27H,2-3,5-6,8-13H2,1H3,(H,25,26)/b7-4+/t16-,17-,22?/m1/s1. The first-order valence-corrected chi connectivity index (χ1v) is 12.4. The third-order valence-corrected chi connectivity index (χ3v) is 8.21. The summed E-state index contributed by atoms with van der Waals surface area (Å²) in [5.41, 5.74) is -0.577. The van der Waals surface area contributed by atoms with Crippen LogP contribution in [-0.4, -0.2) is 38.3 Å². The Morgan fingerprint density at radius 2 is 2.14 bits per heavy atom. The average molecular weight is 438 g/mol. The van der Waals surface area contributed by atoms with E-state index in [0.717, 1.165) is 29.4 Å². The summed E-state index contributed by atoms with van der Waals surface area (Å²) < 4.78 is 0.739. The van der Waals surface area contributed by atoms with Crippen molar-refractivity contribution in [3.05, 3.63) is 23.2 Å². The predicted octanol–water partition coefficient (Wildman–Crippen LogP) is 5.20. The van der Waals surface area contributed by atoms with Crippen LogP contribution >= 0.6 is 23.1 Å². The Kier molecular flexibility index (Phi) is 7.93. The van der Waals surface area contributed by atoms with Crippen molar-refractivity contribution in [1.82, 2.24) is 4.98 Å². The average Bonchev–Trinajstić information content (AvgIpc) is 3.39. The molecule has 2 saturated carbocycles. The molecule has 5 nitrogen and oxygen atoms in total. The minimum absolute atomic E-state index is 0.0254. The van der Waals surface area contributed by atoms with Gasteiger partial charge < -0.3 is 10.2 Å². The Balaban J connectivity index is 1.46. The first kappa shape index (κ1) is 22.5. The van der Waals surface area contributed by atoms with Crippen LogP contribution in [0.4, 0.5) is 0 Å². The first-order chi connectivity index (χ1) is 13.8. The predicted molar refractivity (Wildman–Crippen MR) is 117 cm³/mol. The summed E-state index contributed by atoms with van der Waals surface area (Å²) in [5, 5.41) is 21.2. The van der Waals surface area contributed by atoms with Crippen LogP contribution in [0.5, 0.6) is 0 Å². The summed E-state index contributed by atoms with van der Waals surface area (Å²) >= 11 is 2.86. The zero-order valence-electron chi connectivity index (χ0n) is 17.0. The van der Waals surface area contributed by atoms with Crippen LogP contribution in [0.25, 0.3) is 0 Å². The SMILES string of the molecule is CC(O)(C/C=C/[C@@H]1CCC(=O)[C@@H]1CCSc1nc(C(=O)O)cs1)CC1CCCC1. The van der Waals surface area contributed by atoms with Crippen LogP contribution in [0, 0.1) is 17.8 Å². The van der Waals surface area contributed by atoms with E-state index in [1.165, 1.54) is 48.8 Å². The van der Waals surface area contributed by atoms with Crippen molar-refractivity contribution >= 4 is 34.9 Å². The van der Waals surface area contributed by atoms with E-state index in [4.69, 9.17) is 5.11 Å². The highest BCUT2D eigenvalue weighted by Crippen LogP contribution is 2.36. The third kappa shape index (κ3) is 6.66. The van der Waals surface area contributed by atoms with Crippen LogP contribution in [-0.2, 0) is 4.79 Å². The second-order valence-corrected chi connectivity index (χ2v) is 10.9. The van der Waals surface area contributed by atoms with Gasteiger partial charge in [0.1, 0.15) is 5.78 Å². The van der Waals surface area contributed by atoms with Crippen LogP contribution in [0.2, 0.25) is 0 Å². The highest BCUT2D eigenvalue weighted by atomic mass is 32.2. The third-order valence-electron chi connectivity index (χ3n) is 6.16. The number of aromatic nitrogens is 1. The maximum atomic E-state index is 12.3. The molecule has 0 aliphatic heterocycles. The quantitative estimate of drug-likeness (QED) is 0.387. The number of aliphatic hydroxyl groups is 1. The number of carboxylic acid groups (broad SMARTS) is 1. The van der Waals surface area contributed by atoms with Gasteiger partial charge in [0, 0.05) is 23.5 Å². The summed E-state index contributed by atoms with van der Waals surface area (Å²) in [6.45, 7) is 1.93. The van der Waals surface area contributed by atoms with Gasteiger partial charge in [0.25, 0.3) is 0 Å². The molecule has 0 aromatic carbocycles. The van der Waals surface area contributed by atoms with Crippen molar-refractivity contribution < 1.29 is 19.8 Å². The number of hydrogen-bond donors (Lipinski definition) is 2. The highest BCUT2D eigenvalue weighted by Gasteiger charge is 2.33. The zero-order valence-corrected chi connectivity index (χ0v) is 18.6. The summed E-state index contributed by atoms with van der Waals surface area (Å²) in [4.78, 5) is 27.3. The lowest BCUT2D eigenvalue weighted by atomic mass is 9.87. The van der Waals surface area contributed by atoms with Crippen molar-refractivity contribution in [3.63, 3.8) is 0 Å². The molecule has 0 spiro atoms.